The number of nitrogens with zero attached hydrogens (tertiary/aromatic N) is 2. The van der Waals surface area contributed by atoms with E-state index in [1.807, 2.05) is 36.4 Å². The van der Waals surface area contributed by atoms with Gasteiger partial charge in [-0.3, -0.25) is 14.7 Å². The Labute approximate surface area is 148 Å². The minimum Gasteiger partial charge on any atom is -0.326 e. The fourth-order valence-electron chi connectivity index (χ4n) is 2.79. The maximum absolute atomic E-state index is 12.4. The van der Waals surface area contributed by atoms with Crippen molar-refractivity contribution in [2.75, 3.05) is 5.32 Å². The number of hydrogen-bond donors (Lipinski definition) is 3. The van der Waals surface area contributed by atoms with Crippen molar-refractivity contribution < 1.29 is 4.79 Å². The second kappa shape index (κ2) is 6.64. The number of aromatic amines is 2. The van der Waals surface area contributed by atoms with Crippen LogP contribution in [-0.2, 0) is 11.2 Å². The maximum atomic E-state index is 12.4. The number of fused-ring (bicyclic) bond motifs is 1. The number of carbonyl (C=O) groups is 1. The van der Waals surface area contributed by atoms with E-state index in [2.05, 4.69) is 25.5 Å². The molecule has 0 saturated carbocycles. The van der Waals surface area contributed by atoms with Gasteiger partial charge in [0.05, 0.1) is 6.42 Å². The molecule has 1 amide bonds. The van der Waals surface area contributed by atoms with Crippen molar-refractivity contribution in [1.82, 2.24) is 20.2 Å². The smallest absolute Gasteiger partial charge is 0.252 e. The first kappa shape index (κ1) is 15.8. The van der Waals surface area contributed by atoms with Crippen LogP contribution in [0.15, 0.2) is 65.7 Å². The van der Waals surface area contributed by atoms with Crippen molar-refractivity contribution in [3.8, 4) is 11.4 Å². The Hall–Kier alpha value is -3.74. The first-order valence-corrected chi connectivity index (χ1v) is 8.06. The summed E-state index contributed by atoms with van der Waals surface area (Å²) in [5.74, 6) is 0.354. The summed E-state index contributed by atoms with van der Waals surface area (Å²) in [7, 11) is 0. The van der Waals surface area contributed by atoms with Crippen LogP contribution in [0.4, 0.5) is 5.69 Å². The van der Waals surface area contributed by atoms with Crippen LogP contribution in [0.1, 0.15) is 5.56 Å². The van der Waals surface area contributed by atoms with Crippen LogP contribution in [0.3, 0.4) is 0 Å². The van der Waals surface area contributed by atoms with E-state index in [0.717, 1.165) is 16.5 Å². The highest BCUT2D eigenvalue weighted by Crippen LogP contribution is 2.19. The molecule has 4 rings (SSSR count). The van der Waals surface area contributed by atoms with Crippen LogP contribution in [-0.4, -0.2) is 26.1 Å². The minimum atomic E-state index is -0.263. The molecule has 0 radical (unpaired) electrons. The van der Waals surface area contributed by atoms with E-state index in [1.165, 1.54) is 6.33 Å². The van der Waals surface area contributed by atoms with Gasteiger partial charge in [0, 0.05) is 22.3 Å². The number of pyridine rings is 1. The molecule has 0 aliphatic heterocycles. The van der Waals surface area contributed by atoms with E-state index >= 15 is 0 Å². The lowest BCUT2D eigenvalue weighted by Crippen LogP contribution is -2.21. The van der Waals surface area contributed by atoms with Gasteiger partial charge in [-0.2, -0.15) is 5.10 Å². The molecule has 0 fully saturated rings. The van der Waals surface area contributed by atoms with E-state index in [1.54, 1.807) is 18.2 Å². The van der Waals surface area contributed by atoms with Gasteiger partial charge in [-0.1, -0.05) is 30.3 Å². The van der Waals surface area contributed by atoms with Crippen molar-refractivity contribution >= 4 is 22.5 Å². The summed E-state index contributed by atoms with van der Waals surface area (Å²) in [5, 5.41) is 10.3. The number of nitrogens with one attached hydrogen (secondary N) is 3. The number of anilines is 1. The van der Waals surface area contributed by atoms with E-state index in [-0.39, 0.29) is 17.9 Å². The van der Waals surface area contributed by atoms with Crippen molar-refractivity contribution in [3.05, 3.63) is 76.8 Å². The molecule has 128 valence electrons. The zero-order valence-electron chi connectivity index (χ0n) is 13.7. The SMILES string of the molecule is O=C(Cc1cc2ccccc2[nH]c1=O)Nc1cccc(-c2ncn[nH]2)c1. The highest BCUT2D eigenvalue weighted by molar-refractivity contribution is 5.93. The van der Waals surface area contributed by atoms with Crippen LogP contribution >= 0.6 is 0 Å². The second-order valence-electron chi connectivity index (χ2n) is 5.85. The number of para-hydroxylation sites is 1. The first-order valence-electron chi connectivity index (χ1n) is 8.06. The Kier molecular flexibility index (Phi) is 4.03. The third kappa shape index (κ3) is 3.23. The van der Waals surface area contributed by atoms with Gasteiger partial charge in [-0.15, -0.1) is 0 Å². The van der Waals surface area contributed by atoms with Crippen LogP contribution in [0.2, 0.25) is 0 Å². The van der Waals surface area contributed by atoms with Gasteiger partial charge < -0.3 is 10.3 Å². The summed E-state index contributed by atoms with van der Waals surface area (Å²) in [4.78, 5) is 31.4. The zero-order chi connectivity index (χ0) is 17.9. The average Bonchev–Trinajstić information content (AvgIpc) is 3.17. The van der Waals surface area contributed by atoms with Crippen molar-refractivity contribution in [2.24, 2.45) is 0 Å². The van der Waals surface area contributed by atoms with E-state index in [4.69, 9.17) is 0 Å². The third-order valence-corrected chi connectivity index (χ3v) is 4.02. The van der Waals surface area contributed by atoms with Crippen LogP contribution in [0.25, 0.3) is 22.3 Å². The number of aromatic nitrogens is 4. The number of H-pyrrole nitrogens is 2. The first-order chi connectivity index (χ1) is 12.7. The van der Waals surface area contributed by atoms with Crippen LogP contribution in [0.5, 0.6) is 0 Å². The molecule has 0 atom stereocenters. The largest absolute Gasteiger partial charge is 0.326 e. The highest BCUT2D eigenvalue weighted by Gasteiger charge is 2.10. The van der Waals surface area contributed by atoms with Crippen LogP contribution < -0.4 is 10.9 Å². The number of amides is 1. The summed E-state index contributed by atoms with van der Waals surface area (Å²) in [6.07, 6.45) is 1.42. The normalized spacial score (nSPS) is 10.8. The number of benzene rings is 2. The molecule has 3 N–H and O–H groups in total. The van der Waals surface area contributed by atoms with Gasteiger partial charge in [-0.05, 0) is 29.7 Å². The lowest BCUT2D eigenvalue weighted by atomic mass is 10.1. The molecule has 0 saturated heterocycles. The molecule has 2 heterocycles. The monoisotopic (exact) mass is 345 g/mol. The Morgan fingerprint density at radius 1 is 1.08 bits per heavy atom. The molecule has 7 heteroatoms. The second-order valence-corrected chi connectivity index (χ2v) is 5.85. The molecule has 7 nitrogen and oxygen atoms in total. The molecule has 0 aliphatic carbocycles. The minimum absolute atomic E-state index is 0.00724. The van der Waals surface area contributed by atoms with Gasteiger partial charge in [0.1, 0.15) is 6.33 Å². The summed E-state index contributed by atoms with van der Waals surface area (Å²) in [6.45, 7) is 0. The summed E-state index contributed by atoms with van der Waals surface area (Å²) in [6, 6.07) is 16.5. The topological polar surface area (TPSA) is 104 Å². The molecule has 2 aromatic heterocycles. The molecule has 2 aromatic carbocycles. The number of carbonyl (C=O) groups excluding carboxylic acids is 1. The van der Waals surface area contributed by atoms with E-state index < -0.39 is 0 Å². The molecule has 0 bridgehead atoms. The van der Waals surface area contributed by atoms with Gasteiger partial charge in [0.25, 0.3) is 5.56 Å². The number of rotatable bonds is 4. The van der Waals surface area contributed by atoms with Gasteiger partial charge in [-0.25, -0.2) is 4.98 Å². The zero-order valence-corrected chi connectivity index (χ0v) is 13.7. The molecular weight excluding hydrogens is 330 g/mol. The van der Waals surface area contributed by atoms with Gasteiger partial charge in [0.2, 0.25) is 5.91 Å². The average molecular weight is 345 g/mol. The fourth-order valence-corrected chi connectivity index (χ4v) is 2.79. The fraction of sp³-hybridized carbons (Fsp3) is 0.0526. The summed E-state index contributed by atoms with van der Waals surface area (Å²) in [5.41, 5.74) is 2.35. The number of hydrogen-bond acceptors (Lipinski definition) is 4. The predicted molar refractivity (Wildman–Crippen MR) is 98.7 cm³/mol. The summed E-state index contributed by atoms with van der Waals surface area (Å²) >= 11 is 0. The lowest BCUT2D eigenvalue weighted by Gasteiger charge is -2.07. The molecule has 0 unspecified atom stereocenters. The summed E-state index contributed by atoms with van der Waals surface area (Å²) < 4.78 is 0. The highest BCUT2D eigenvalue weighted by atomic mass is 16.2. The molecular formula is C19H15N5O2. The quantitative estimate of drug-likeness (QED) is 0.528. The van der Waals surface area contributed by atoms with Crippen LogP contribution in [0, 0.1) is 0 Å². The van der Waals surface area contributed by atoms with Crippen molar-refractivity contribution in [3.63, 3.8) is 0 Å². The Balaban J connectivity index is 1.54. The Bertz CT molecular complexity index is 1130. The molecule has 0 aliphatic rings. The van der Waals surface area contributed by atoms with Gasteiger partial charge >= 0.3 is 0 Å². The van der Waals surface area contributed by atoms with Gasteiger partial charge in [0.15, 0.2) is 5.82 Å². The Morgan fingerprint density at radius 3 is 2.81 bits per heavy atom. The predicted octanol–water partition coefficient (Wildman–Crippen LogP) is 2.49. The third-order valence-electron chi connectivity index (χ3n) is 4.02. The maximum Gasteiger partial charge on any atom is 0.252 e. The molecule has 26 heavy (non-hydrogen) atoms. The van der Waals surface area contributed by atoms with E-state index in [0.29, 0.717) is 17.1 Å². The lowest BCUT2D eigenvalue weighted by molar-refractivity contribution is -0.115. The molecule has 0 spiro atoms. The Morgan fingerprint density at radius 2 is 1.96 bits per heavy atom. The van der Waals surface area contributed by atoms with E-state index in [9.17, 15) is 9.59 Å². The van der Waals surface area contributed by atoms with Crippen molar-refractivity contribution in [1.29, 1.82) is 0 Å². The standard InChI is InChI=1S/C19H15N5O2/c25-17(10-14-8-12-4-1-2-7-16(12)23-19(14)26)22-15-6-3-5-13(9-15)18-20-11-21-24-18/h1-9,11H,10H2,(H,22,25)(H,23,26)(H,20,21,24). The molecule has 4 aromatic rings. The van der Waals surface area contributed by atoms with Crippen molar-refractivity contribution in [2.45, 2.75) is 6.42 Å².